The van der Waals surface area contributed by atoms with Gasteiger partial charge in [-0.2, -0.15) is 0 Å². The van der Waals surface area contributed by atoms with Crippen LogP contribution in [0.15, 0.2) is 11.1 Å². The van der Waals surface area contributed by atoms with Crippen molar-refractivity contribution >= 4 is 11.8 Å². The van der Waals surface area contributed by atoms with Gasteiger partial charge in [-0.3, -0.25) is 0 Å². The molecule has 0 radical (unpaired) electrons. The van der Waals surface area contributed by atoms with Gasteiger partial charge in [0, 0.05) is 18.2 Å². The van der Waals surface area contributed by atoms with Crippen LogP contribution in [0.2, 0.25) is 0 Å². The highest BCUT2D eigenvalue weighted by atomic mass is 32.2. The van der Waals surface area contributed by atoms with Crippen molar-refractivity contribution in [1.29, 1.82) is 0 Å². The zero-order valence-corrected chi connectivity index (χ0v) is 7.38. The van der Waals surface area contributed by atoms with Crippen LogP contribution in [-0.2, 0) is 0 Å². The van der Waals surface area contributed by atoms with Gasteiger partial charge < -0.3 is 5.32 Å². The molecule has 0 saturated carbocycles. The van der Waals surface area contributed by atoms with Crippen LogP contribution in [0, 0.1) is 5.92 Å². The summed E-state index contributed by atoms with van der Waals surface area (Å²) >= 11 is 1.80. The van der Waals surface area contributed by atoms with Crippen LogP contribution in [0.5, 0.6) is 0 Å². The molecule has 0 aromatic rings. The van der Waals surface area contributed by atoms with Gasteiger partial charge in [0.05, 0.1) is 0 Å². The van der Waals surface area contributed by atoms with E-state index in [2.05, 4.69) is 31.6 Å². The first-order valence-corrected chi connectivity index (χ1v) is 4.36. The average molecular weight is 145 g/mol. The van der Waals surface area contributed by atoms with Crippen LogP contribution >= 0.6 is 11.8 Å². The number of rotatable bonds is 3. The molecule has 0 bridgehead atoms. The fourth-order valence-corrected chi connectivity index (χ4v) is 1.31. The van der Waals surface area contributed by atoms with E-state index in [4.69, 9.17) is 0 Å². The fraction of sp³-hybridized carbons (Fsp3) is 0.714. The van der Waals surface area contributed by atoms with E-state index in [0.29, 0.717) is 5.92 Å². The van der Waals surface area contributed by atoms with Crippen molar-refractivity contribution in [3.63, 3.8) is 0 Å². The van der Waals surface area contributed by atoms with Crippen molar-refractivity contribution in [2.45, 2.75) is 13.8 Å². The van der Waals surface area contributed by atoms with Crippen molar-refractivity contribution < 1.29 is 0 Å². The Morgan fingerprint density at radius 2 is 2.11 bits per heavy atom. The Hall–Kier alpha value is -0.110. The smallest absolute Gasteiger partial charge is 0.00607 e. The van der Waals surface area contributed by atoms with Crippen LogP contribution in [0.25, 0.3) is 0 Å². The zero-order valence-electron chi connectivity index (χ0n) is 6.56. The molecule has 0 aliphatic carbocycles. The molecular formula is C7H15NS. The summed E-state index contributed by atoms with van der Waals surface area (Å²) < 4.78 is 0. The lowest BCUT2D eigenvalue weighted by Crippen LogP contribution is -1.98. The second kappa shape index (κ2) is 4.74. The number of thioether (sulfide) groups is 1. The van der Waals surface area contributed by atoms with Crippen LogP contribution in [0.4, 0.5) is 0 Å². The molecule has 0 aliphatic heterocycles. The van der Waals surface area contributed by atoms with E-state index in [1.807, 2.05) is 7.05 Å². The summed E-state index contributed by atoms with van der Waals surface area (Å²) in [4.78, 5) is 1.40. The quantitative estimate of drug-likeness (QED) is 0.652. The molecule has 0 aliphatic rings. The highest BCUT2D eigenvalue weighted by Gasteiger charge is 1.98. The minimum Gasteiger partial charge on any atom is -0.393 e. The van der Waals surface area contributed by atoms with E-state index in [1.165, 1.54) is 4.91 Å². The molecule has 0 heterocycles. The Morgan fingerprint density at radius 1 is 1.56 bits per heavy atom. The van der Waals surface area contributed by atoms with E-state index in [-0.39, 0.29) is 0 Å². The van der Waals surface area contributed by atoms with Gasteiger partial charge >= 0.3 is 0 Å². The molecule has 0 spiro atoms. The molecule has 0 amide bonds. The van der Waals surface area contributed by atoms with Gasteiger partial charge in [-0.25, -0.2) is 0 Å². The zero-order chi connectivity index (χ0) is 7.28. The number of allylic oxidation sites excluding steroid dienone is 1. The Bertz CT molecular complexity index is 97.1. The first kappa shape index (κ1) is 8.89. The molecule has 1 N–H and O–H groups in total. The summed E-state index contributed by atoms with van der Waals surface area (Å²) in [5.41, 5.74) is 0. The van der Waals surface area contributed by atoms with Crippen molar-refractivity contribution in [3.05, 3.63) is 11.1 Å². The van der Waals surface area contributed by atoms with Crippen molar-refractivity contribution in [3.8, 4) is 0 Å². The lowest BCUT2D eigenvalue weighted by atomic mass is 10.2. The lowest BCUT2D eigenvalue weighted by molar-refractivity contribution is 0.806. The number of hydrogen-bond donors (Lipinski definition) is 1. The summed E-state index contributed by atoms with van der Waals surface area (Å²) in [6.07, 6.45) is 4.15. The fourth-order valence-electron chi connectivity index (χ4n) is 0.604. The van der Waals surface area contributed by atoms with Crippen LogP contribution in [-0.4, -0.2) is 13.3 Å². The molecule has 0 aromatic carbocycles. The minimum atomic E-state index is 0.646. The van der Waals surface area contributed by atoms with Crippen molar-refractivity contribution in [2.24, 2.45) is 5.92 Å². The Kier molecular flexibility index (Phi) is 4.68. The van der Waals surface area contributed by atoms with Crippen molar-refractivity contribution in [2.75, 3.05) is 13.3 Å². The largest absolute Gasteiger partial charge is 0.393 e. The first-order valence-electron chi connectivity index (χ1n) is 3.13. The van der Waals surface area contributed by atoms with E-state index in [1.54, 1.807) is 11.8 Å². The maximum atomic E-state index is 3.02. The predicted molar refractivity (Wildman–Crippen MR) is 45.5 cm³/mol. The lowest BCUT2D eigenvalue weighted by Gasteiger charge is -2.06. The molecule has 1 nitrogen and oxygen atoms in total. The van der Waals surface area contributed by atoms with Gasteiger partial charge in [-0.05, 0) is 12.2 Å². The highest BCUT2D eigenvalue weighted by Crippen LogP contribution is 2.19. The molecule has 0 atom stereocenters. The average Bonchev–Trinajstić information content (AvgIpc) is 1.82. The van der Waals surface area contributed by atoms with Crippen LogP contribution in [0.1, 0.15) is 13.8 Å². The standard InChI is InChI=1S/C7H15NS/c1-6(2)7(9-4)5-8-3/h5-6,8H,1-4H3/b7-5-. The summed E-state index contributed by atoms with van der Waals surface area (Å²) in [6.45, 7) is 4.39. The molecular weight excluding hydrogens is 130 g/mol. The van der Waals surface area contributed by atoms with Crippen molar-refractivity contribution in [1.82, 2.24) is 5.32 Å². The normalized spacial score (nSPS) is 12.3. The van der Waals surface area contributed by atoms with Crippen LogP contribution < -0.4 is 5.32 Å². The topological polar surface area (TPSA) is 12.0 Å². The predicted octanol–water partition coefficient (Wildman–Crippen LogP) is 2.07. The number of hydrogen-bond acceptors (Lipinski definition) is 2. The molecule has 54 valence electrons. The third kappa shape index (κ3) is 3.46. The second-order valence-electron chi connectivity index (χ2n) is 2.19. The molecule has 0 unspecified atom stereocenters. The second-order valence-corrected chi connectivity index (χ2v) is 3.07. The molecule has 0 rings (SSSR count). The van der Waals surface area contributed by atoms with E-state index in [0.717, 1.165) is 0 Å². The maximum absolute atomic E-state index is 3.02. The van der Waals surface area contributed by atoms with E-state index in [9.17, 15) is 0 Å². The van der Waals surface area contributed by atoms with Gasteiger partial charge in [-0.1, -0.05) is 13.8 Å². The Morgan fingerprint density at radius 3 is 2.22 bits per heavy atom. The van der Waals surface area contributed by atoms with Gasteiger partial charge in [-0.15, -0.1) is 11.8 Å². The summed E-state index contributed by atoms with van der Waals surface area (Å²) in [5, 5.41) is 3.02. The first-order chi connectivity index (χ1) is 4.22. The third-order valence-electron chi connectivity index (χ3n) is 1.09. The Balaban J connectivity index is 3.81. The summed E-state index contributed by atoms with van der Waals surface area (Å²) in [5.74, 6) is 0.646. The van der Waals surface area contributed by atoms with Gasteiger partial charge in [0.2, 0.25) is 0 Å². The monoisotopic (exact) mass is 145 g/mol. The van der Waals surface area contributed by atoms with Gasteiger partial charge in [0.25, 0.3) is 0 Å². The SMILES string of the molecule is CN/C=C(\SC)C(C)C. The molecule has 0 aromatic heterocycles. The Labute approximate surface area is 61.9 Å². The van der Waals surface area contributed by atoms with Gasteiger partial charge in [0.15, 0.2) is 0 Å². The van der Waals surface area contributed by atoms with E-state index < -0.39 is 0 Å². The van der Waals surface area contributed by atoms with E-state index >= 15 is 0 Å². The molecule has 0 fully saturated rings. The molecule has 2 heteroatoms. The number of nitrogens with one attached hydrogen (secondary N) is 1. The highest BCUT2D eigenvalue weighted by molar-refractivity contribution is 8.02. The minimum absolute atomic E-state index is 0.646. The summed E-state index contributed by atoms with van der Waals surface area (Å²) in [6, 6.07) is 0. The third-order valence-corrected chi connectivity index (χ3v) is 2.15. The maximum Gasteiger partial charge on any atom is 0.00607 e. The van der Waals surface area contributed by atoms with Crippen LogP contribution in [0.3, 0.4) is 0 Å². The molecule has 9 heavy (non-hydrogen) atoms. The van der Waals surface area contributed by atoms with Gasteiger partial charge in [0.1, 0.15) is 0 Å². The molecule has 0 saturated heterocycles. The summed E-state index contributed by atoms with van der Waals surface area (Å²) in [7, 11) is 1.93.